The molecule has 0 saturated carbocycles. The first-order valence-corrected chi connectivity index (χ1v) is 30.5. The van der Waals surface area contributed by atoms with Crippen LogP contribution in [-0.4, -0.2) is 255 Å². The van der Waals surface area contributed by atoms with Gasteiger partial charge in [-0.2, -0.15) is 15.0 Å². The second-order valence-corrected chi connectivity index (χ2v) is 22.4. The Hall–Kier alpha value is -6.94. The number of unbranched alkanes of at least 4 members (excludes halogenated alkanes) is 8. The highest BCUT2D eigenvalue weighted by Gasteiger charge is 2.29. The van der Waals surface area contributed by atoms with Gasteiger partial charge in [-0.1, -0.05) is 57.6 Å². The average molecular weight is 1200 g/mol. The minimum atomic E-state index is -1.08. The summed E-state index contributed by atoms with van der Waals surface area (Å²) in [7, 11) is 0. The molecule has 3 aliphatic rings. The van der Waals surface area contributed by atoms with E-state index in [-0.39, 0.29) is 84.4 Å². The molecular formula is C58H94N14O13. The number of hydrogen-bond acceptors (Lipinski definition) is 20. The van der Waals surface area contributed by atoms with Gasteiger partial charge in [-0.05, 0) is 94.5 Å². The lowest BCUT2D eigenvalue weighted by Crippen LogP contribution is -2.53. The summed E-state index contributed by atoms with van der Waals surface area (Å²) >= 11 is 0. The van der Waals surface area contributed by atoms with Crippen molar-refractivity contribution in [3.63, 3.8) is 0 Å². The van der Waals surface area contributed by atoms with Crippen LogP contribution in [0.3, 0.4) is 0 Å². The third kappa shape index (κ3) is 27.8. The van der Waals surface area contributed by atoms with Gasteiger partial charge in [-0.15, -0.1) is 0 Å². The molecule has 85 heavy (non-hydrogen) atoms. The van der Waals surface area contributed by atoms with Crippen LogP contribution in [0.1, 0.15) is 115 Å². The van der Waals surface area contributed by atoms with E-state index in [1.807, 2.05) is 31.2 Å². The molecule has 1 aromatic carbocycles. The molecule has 0 radical (unpaired) electrons. The number of amides is 1. The number of benzene rings is 1. The lowest BCUT2D eigenvalue weighted by Gasteiger charge is -2.37. The summed E-state index contributed by atoms with van der Waals surface area (Å²) in [5.74, 6) is -4.27. The normalized spacial score (nSPS) is 17.9. The smallest absolute Gasteiger partial charge is 0.326 e. The van der Waals surface area contributed by atoms with Crippen LogP contribution in [-0.2, 0) is 40.0 Å². The molecule has 2 atom stereocenters. The number of carbonyl (C=O) groups excluding carboxylic acids is 1. The van der Waals surface area contributed by atoms with Crippen LogP contribution in [0.15, 0.2) is 36.2 Å². The van der Waals surface area contributed by atoms with Gasteiger partial charge in [-0.3, -0.25) is 53.3 Å². The SMILES string of the molecule is CC/C=C(\NCC(=O)O)NC(CCCCNC(=O)CCCCCCCCCCN1CCN(c2nc(Nc3ccc(CC4CN(CC(=O)O)CCN(CC(=O)O)CCN(CC(=O)O)CCN4CC(=O)O)cc3)nc(N3CCCCC3)n2)CC1)C(=O)O. The van der Waals surface area contributed by atoms with Gasteiger partial charge < -0.3 is 61.7 Å². The maximum Gasteiger partial charge on any atom is 0.326 e. The Balaban J connectivity index is 1.06. The number of carbonyl (C=O) groups is 7. The second-order valence-electron chi connectivity index (χ2n) is 22.4. The van der Waals surface area contributed by atoms with Gasteiger partial charge in [0.15, 0.2) is 0 Å². The van der Waals surface area contributed by atoms with Crippen LogP contribution in [0.25, 0.3) is 0 Å². The van der Waals surface area contributed by atoms with Gasteiger partial charge in [0.1, 0.15) is 12.6 Å². The minimum Gasteiger partial charge on any atom is -0.480 e. The van der Waals surface area contributed by atoms with Crippen LogP contribution in [0, 0.1) is 0 Å². The van der Waals surface area contributed by atoms with Gasteiger partial charge in [-0.25, -0.2) is 4.79 Å². The lowest BCUT2D eigenvalue weighted by atomic mass is 10.0. The van der Waals surface area contributed by atoms with E-state index in [0.717, 1.165) is 121 Å². The first-order valence-electron chi connectivity index (χ1n) is 30.5. The van der Waals surface area contributed by atoms with E-state index in [1.165, 1.54) is 6.42 Å². The summed E-state index contributed by atoms with van der Waals surface area (Å²) in [5, 5.41) is 69.7. The molecule has 1 aromatic heterocycles. The number of nitrogens with one attached hydrogen (secondary N) is 4. The molecule has 27 heteroatoms. The molecule has 3 aliphatic heterocycles. The summed E-state index contributed by atoms with van der Waals surface area (Å²) < 4.78 is 0. The fraction of sp³-hybridized carbons (Fsp3) is 0.690. The van der Waals surface area contributed by atoms with Crippen LogP contribution < -0.4 is 31.1 Å². The topological polar surface area (TPSA) is 350 Å². The van der Waals surface area contributed by atoms with E-state index in [1.54, 1.807) is 25.7 Å². The van der Waals surface area contributed by atoms with E-state index in [9.17, 15) is 59.1 Å². The monoisotopic (exact) mass is 1190 g/mol. The molecule has 4 heterocycles. The Kier molecular flexibility index (Phi) is 30.9. The van der Waals surface area contributed by atoms with E-state index in [0.29, 0.717) is 68.7 Å². The van der Waals surface area contributed by atoms with Crippen molar-refractivity contribution in [3.05, 3.63) is 41.7 Å². The molecular weight excluding hydrogens is 1100 g/mol. The Bertz CT molecular complexity index is 2430. The first-order chi connectivity index (χ1) is 40.9. The quantitative estimate of drug-likeness (QED) is 0.0435. The number of carboxylic acids is 6. The fourth-order valence-corrected chi connectivity index (χ4v) is 10.9. The molecule has 474 valence electrons. The molecule has 2 unspecified atom stereocenters. The summed E-state index contributed by atoms with van der Waals surface area (Å²) in [5.41, 5.74) is 1.59. The number of allylic oxidation sites excluding steroid dienone is 1. The molecule has 1 amide bonds. The number of carboxylic acid groups (broad SMARTS) is 6. The molecule has 3 fully saturated rings. The van der Waals surface area contributed by atoms with Gasteiger partial charge in [0.05, 0.1) is 32.0 Å². The number of piperidine rings is 1. The van der Waals surface area contributed by atoms with Crippen molar-refractivity contribution in [1.29, 1.82) is 0 Å². The molecule has 5 rings (SSSR count). The molecule has 2 aromatic rings. The van der Waals surface area contributed by atoms with Crippen molar-refractivity contribution >= 4 is 65.3 Å². The maximum atomic E-state index is 12.4. The number of anilines is 4. The summed E-state index contributed by atoms with van der Waals surface area (Å²) in [4.78, 5) is 112. The third-order valence-corrected chi connectivity index (χ3v) is 15.5. The van der Waals surface area contributed by atoms with Gasteiger partial charge in [0, 0.05) is 110 Å². The predicted octanol–water partition coefficient (Wildman–Crippen LogP) is 2.96. The molecule has 3 saturated heterocycles. The largest absolute Gasteiger partial charge is 0.480 e. The van der Waals surface area contributed by atoms with Crippen LogP contribution in [0.2, 0.25) is 0 Å². The van der Waals surface area contributed by atoms with Crippen LogP contribution >= 0.6 is 0 Å². The van der Waals surface area contributed by atoms with Crippen molar-refractivity contribution in [3.8, 4) is 0 Å². The minimum absolute atomic E-state index is 0.00783. The zero-order valence-corrected chi connectivity index (χ0v) is 49.7. The van der Waals surface area contributed by atoms with Gasteiger partial charge in [0.2, 0.25) is 23.8 Å². The number of rotatable bonds is 37. The molecule has 10 N–H and O–H groups in total. The number of aromatic nitrogens is 3. The summed E-state index contributed by atoms with van der Waals surface area (Å²) in [6, 6.07) is 6.29. The van der Waals surface area contributed by atoms with Crippen molar-refractivity contribution in [2.24, 2.45) is 0 Å². The standard InChI is InChI=1S/C58H94N14O13/c1-2-16-48(60-38-50(74)75)62-47(55(84)85)17-11-12-23-59-49(73)18-10-7-5-3-4-6-8-13-24-66-31-34-71(35-32-66)58-64-56(63-57(65-58)70-25-14-9-15-26-70)61-45-21-19-44(20-22-45)37-46-39-69(42-53(80)81)30-29-67(40-51(76)77)27-28-68(41-52(78)79)33-36-72(46)43-54(82)83/h16,19-22,46-47,60,62H,2-15,17-18,23-43H2,1H3,(H,59,73)(H,74,75)(H,76,77)(H,78,79)(H,80,81)(H,82,83)(H,84,85)(H,61,63,64,65)/b48-16+. The fourth-order valence-electron chi connectivity index (χ4n) is 10.9. The summed E-state index contributed by atoms with van der Waals surface area (Å²) in [6.07, 6.45) is 16.6. The lowest BCUT2D eigenvalue weighted by molar-refractivity contribution is -0.142. The third-order valence-electron chi connectivity index (χ3n) is 15.5. The molecule has 0 aliphatic carbocycles. The van der Waals surface area contributed by atoms with Crippen molar-refractivity contribution in [2.45, 2.75) is 128 Å². The van der Waals surface area contributed by atoms with E-state index in [2.05, 4.69) is 36.0 Å². The Labute approximate surface area is 499 Å². The first kappa shape index (κ1) is 68.8. The Morgan fingerprint density at radius 2 is 1.11 bits per heavy atom. The van der Waals surface area contributed by atoms with Crippen LogP contribution in [0.4, 0.5) is 23.5 Å². The number of hydrogen-bond donors (Lipinski definition) is 10. The number of piperazine rings is 1. The van der Waals surface area contributed by atoms with E-state index in [4.69, 9.17) is 20.1 Å². The zero-order valence-electron chi connectivity index (χ0n) is 49.7. The van der Waals surface area contributed by atoms with Crippen molar-refractivity contribution in [1.82, 2.24) is 55.4 Å². The van der Waals surface area contributed by atoms with E-state index < -0.39 is 47.9 Å². The highest BCUT2D eigenvalue weighted by molar-refractivity contribution is 5.76. The zero-order chi connectivity index (χ0) is 61.3. The highest BCUT2D eigenvalue weighted by atomic mass is 16.4. The molecule has 27 nitrogen and oxygen atoms in total. The Morgan fingerprint density at radius 3 is 1.68 bits per heavy atom. The summed E-state index contributed by atoms with van der Waals surface area (Å²) in [6.45, 7) is 8.23. The van der Waals surface area contributed by atoms with Crippen LogP contribution in [0.5, 0.6) is 0 Å². The number of aliphatic carboxylic acids is 6. The van der Waals surface area contributed by atoms with Crippen molar-refractivity contribution in [2.75, 3.05) is 146 Å². The Morgan fingerprint density at radius 1 is 0.565 bits per heavy atom. The van der Waals surface area contributed by atoms with Gasteiger partial charge >= 0.3 is 35.8 Å². The number of nitrogens with zero attached hydrogens (tertiary/aromatic N) is 10. The average Bonchev–Trinajstić information content (AvgIpc) is 3.33. The maximum absolute atomic E-state index is 12.4. The van der Waals surface area contributed by atoms with Crippen molar-refractivity contribution < 1.29 is 64.2 Å². The van der Waals surface area contributed by atoms with E-state index >= 15 is 0 Å². The molecule has 0 bridgehead atoms. The highest BCUT2D eigenvalue weighted by Crippen LogP contribution is 2.25. The molecule has 0 spiro atoms. The predicted molar refractivity (Wildman–Crippen MR) is 320 cm³/mol. The van der Waals surface area contributed by atoms with Gasteiger partial charge in [0.25, 0.3) is 0 Å². The second kappa shape index (κ2) is 38.2.